The molecule has 0 saturated heterocycles. The van der Waals surface area contributed by atoms with Crippen LogP contribution in [0.3, 0.4) is 0 Å². The molecule has 0 aliphatic carbocycles. The Bertz CT molecular complexity index is 1090. The van der Waals surface area contributed by atoms with Crippen molar-refractivity contribution in [2.75, 3.05) is 5.32 Å². The highest BCUT2D eigenvalue weighted by atomic mass is 35.5. The van der Waals surface area contributed by atoms with Crippen LogP contribution in [0.4, 0.5) is 31.7 Å². The van der Waals surface area contributed by atoms with E-state index in [1.54, 1.807) is 5.32 Å². The zero-order chi connectivity index (χ0) is 22.1. The van der Waals surface area contributed by atoms with Crippen LogP contribution in [-0.2, 0) is 6.18 Å². The van der Waals surface area contributed by atoms with Gasteiger partial charge in [-0.1, -0.05) is 29.8 Å². The van der Waals surface area contributed by atoms with Crippen molar-refractivity contribution < 1.29 is 31.5 Å². The number of hydrogen-bond donors (Lipinski definition) is 2. The van der Waals surface area contributed by atoms with Crippen molar-refractivity contribution in [1.29, 1.82) is 0 Å². The number of amides is 3. The molecule has 0 bridgehead atoms. The SMILES string of the molecule is O=C(NC(=O)c1c(F)cccc1F)Nc1cc(C(F)(F)F)c(-c2ccc(Cl)cc2)s1. The predicted molar refractivity (Wildman–Crippen MR) is 103 cm³/mol. The fourth-order valence-corrected chi connectivity index (χ4v) is 3.71. The zero-order valence-electron chi connectivity index (χ0n) is 14.6. The second kappa shape index (κ2) is 8.41. The van der Waals surface area contributed by atoms with Crippen molar-refractivity contribution in [2.24, 2.45) is 0 Å². The first-order valence-corrected chi connectivity index (χ1v) is 9.29. The third-order valence-corrected chi connectivity index (χ3v) is 5.15. The number of rotatable bonds is 3. The van der Waals surface area contributed by atoms with Crippen molar-refractivity contribution in [3.63, 3.8) is 0 Å². The van der Waals surface area contributed by atoms with Gasteiger partial charge in [-0.05, 0) is 35.9 Å². The summed E-state index contributed by atoms with van der Waals surface area (Å²) in [4.78, 5) is 23.7. The average Bonchev–Trinajstić information content (AvgIpc) is 3.06. The van der Waals surface area contributed by atoms with Crippen LogP contribution in [0.2, 0.25) is 5.02 Å². The molecule has 0 spiro atoms. The first kappa shape index (κ1) is 21.7. The summed E-state index contributed by atoms with van der Waals surface area (Å²) in [7, 11) is 0. The van der Waals surface area contributed by atoms with Gasteiger partial charge in [0.2, 0.25) is 0 Å². The van der Waals surface area contributed by atoms with E-state index in [1.807, 2.05) is 0 Å². The average molecular weight is 461 g/mol. The van der Waals surface area contributed by atoms with Gasteiger partial charge in [-0.2, -0.15) is 13.2 Å². The molecule has 30 heavy (non-hydrogen) atoms. The van der Waals surface area contributed by atoms with E-state index < -0.39 is 40.9 Å². The van der Waals surface area contributed by atoms with Gasteiger partial charge in [-0.3, -0.25) is 15.4 Å². The molecule has 0 aliphatic rings. The van der Waals surface area contributed by atoms with Crippen molar-refractivity contribution in [1.82, 2.24) is 5.32 Å². The molecular formula is C19H10ClF5N2O2S. The number of urea groups is 1. The second-order valence-electron chi connectivity index (χ2n) is 5.86. The fourth-order valence-electron chi connectivity index (χ4n) is 2.50. The second-order valence-corrected chi connectivity index (χ2v) is 7.35. The molecule has 0 saturated carbocycles. The van der Waals surface area contributed by atoms with E-state index in [-0.39, 0.29) is 15.4 Å². The topological polar surface area (TPSA) is 58.2 Å². The summed E-state index contributed by atoms with van der Waals surface area (Å²) in [5.41, 5.74) is -1.78. The summed E-state index contributed by atoms with van der Waals surface area (Å²) in [6.07, 6.45) is -4.71. The van der Waals surface area contributed by atoms with Gasteiger partial charge in [-0.25, -0.2) is 13.6 Å². The maximum Gasteiger partial charge on any atom is 0.417 e. The summed E-state index contributed by atoms with van der Waals surface area (Å²) in [6.45, 7) is 0. The molecule has 0 fully saturated rings. The minimum atomic E-state index is -4.71. The Hall–Kier alpha value is -2.98. The number of anilines is 1. The molecule has 2 N–H and O–H groups in total. The lowest BCUT2D eigenvalue weighted by Gasteiger charge is -2.07. The Morgan fingerprint density at radius 1 is 0.967 bits per heavy atom. The van der Waals surface area contributed by atoms with E-state index in [0.717, 1.165) is 18.2 Å². The van der Waals surface area contributed by atoms with Crippen LogP contribution in [0.1, 0.15) is 15.9 Å². The van der Waals surface area contributed by atoms with E-state index in [2.05, 4.69) is 5.32 Å². The smallest absolute Gasteiger partial charge is 0.299 e. The van der Waals surface area contributed by atoms with E-state index in [4.69, 9.17) is 11.6 Å². The molecule has 3 aromatic rings. The lowest BCUT2D eigenvalue weighted by Crippen LogP contribution is -2.35. The van der Waals surface area contributed by atoms with Crippen LogP contribution in [-0.4, -0.2) is 11.9 Å². The van der Waals surface area contributed by atoms with Crippen LogP contribution < -0.4 is 10.6 Å². The first-order valence-electron chi connectivity index (χ1n) is 8.09. The number of benzene rings is 2. The van der Waals surface area contributed by atoms with E-state index in [0.29, 0.717) is 22.4 Å². The highest BCUT2D eigenvalue weighted by Crippen LogP contribution is 2.44. The number of hydrogen-bond acceptors (Lipinski definition) is 3. The summed E-state index contributed by atoms with van der Waals surface area (Å²) >= 11 is 6.36. The van der Waals surface area contributed by atoms with Gasteiger partial charge < -0.3 is 0 Å². The molecule has 0 atom stereocenters. The highest BCUT2D eigenvalue weighted by molar-refractivity contribution is 7.19. The number of carbonyl (C=O) groups is 2. The lowest BCUT2D eigenvalue weighted by molar-refractivity contribution is -0.136. The largest absolute Gasteiger partial charge is 0.417 e. The predicted octanol–water partition coefficient (Wildman–Crippen LogP) is 6.33. The Morgan fingerprint density at radius 3 is 2.13 bits per heavy atom. The Balaban J connectivity index is 1.83. The number of imide groups is 1. The standard InChI is InChI=1S/C19H10ClF5N2O2S/c20-10-6-4-9(5-7-10)16-11(19(23,24)25)8-14(30-16)26-18(29)27-17(28)15-12(21)2-1-3-13(15)22/h1-8H,(H2,26,27,28,29). The molecule has 0 unspecified atom stereocenters. The quantitative estimate of drug-likeness (QED) is 0.449. The molecule has 3 rings (SSSR count). The number of halogens is 6. The number of carbonyl (C=O) groups excluding carboxylic acids is 2. The summed E-state index contributed by atoms with van der Waals surface area (Å²) in [5, 5.41) is 3.86. The molecular weight excluding hydrogens is 451 g/mol. The Labute approximate surface area is 175 Å². The number of thiophene rings is 1. The maximum atomic E-state index is 13.6. The minimum Gasteiger partial charge on any atom is -0.299 e. The molecule has 1 aromatic heterocycles. The van der Waals surface area contributed by atoms with Crippen LogP contribution in [0, 0.1) is 11.6 Å². The third-order valence-electron chi connectivity index (χ3n) is 3.80. The maximum absolute atomic E-state index is 13.6. The molecule has 3 amide bonds. The molecule has 0 aliphatic heterocycles. The van der Waals surface area contributed by atoms with Crippen molar-refractivity contribution in [3.05, 3.63) is 76.3 Å². The van der Waals surface area contributed by atoms with Gasteiger partial charge in [0, 0.05) is 9.90 Å². The van der Waals surface area contributed by atoms with Crippen molar-refractivity contribution >= 4 is 39.9 Å². The first-order chi connectivity index (χ1) is 14.1. The summed E-state index contributed by atoms with van der Waals surface area (Å²) in [6, 6.07) is 7.73. The molecule has 0 radical (unpaired) electrons. The van der Waals surface area contributed by atoms with Crippen LogP contribution in [0.15, 0.2) is 48.5 Å². The monoisotopic (exact) mass is 460 g/mol. The third kappa shape index (κ3) is 4.77. The summed E-state index contributed by atoms with van der Waals surface area (Å²) < 4.78 is 67.4. The van der Waals surface area contributed by atoms with Gasteiger partial charge >= 0.3 is 12.2 Å². The Morgan fingerprint density at radius 2 is 1.57 bits per heavy atom. The van der Waals surface area contributed by atoms with Crippen molar-refractivity contribution in [3.8, 4) is 10.4 Å². The van der Waals surface area contributed by atoms with E-state index in [1.165, 1.54) is 24.3 Å². The molecule has 2 aromatic carbocycles. The van der Waals surface area contributed by atoms with Crippen LogP contribution in [0.25, 0.3) is 10.4 Å². The van der Waals surface area contributed by atoms with Crippen molar-refractivity contribution in [2.45, 2.75) is 6.18 Å². The van der Waals surface area contributed by atoms with Gasteiger partial charge in [-0.15, -0.1) is 11.3 Å². The molecule has 4 nitrogen and oxygen atoms in total. The van der Waals surface area contributed by atoms with E-state index in [9.17, 15) is 31.5 Å². The van der Waals surface area contributed by atoms with Gasteiger partial charge in [0.05, 0.1) is 10.6 Å². The molecule has 1 heterocycles. The highest BCUT2D eigenvalue weighted by Gasteiger charge is 2.36. The minimum absolute atomic E-state index is 0.180. The molecule has 11 heteroatoms. The summed E-state index contributed by atoms with van der Waals surface area (Å²) in [5.74, 6) is -3.77. The van der Waals surface area contributed by atoms with Gasteiger partial charge in [0.15, 0.2) is 0 Å². The number of alkyl halides is 3. The van der Waals surface area contributed by atoms with E-state index >= 15 is 0 Å². The van der Waals surface area contributed by atoms with Gasteiger partial charge in [0.25, 0.3) is 5.91 Å². The fraction of sp³-hybridized carbons (Fsp3) is 0.0526. The zero-order valence-corrected chi connectivity index (χ0v) is 16.2. The van der Waals surface area contributed by atoms with Crippen LogP contribution >= 0.6 is 22.9 Å². The van der Waals surface area contributed by atoms with Crippen LogP contribution in [0.5, 0.6) is 0 Å². The number of nitrogens with one attached hydrogen (secondary N) is 2. The normalized spacial score (nSPS) is 11.3. The lowest BCUT2D eigenvalue weighted by atomic mass is 10.1. The molecule has 156 valence electrons. The Kier molecular flexibility index (Phi) is 6.09. The van der Waals surface area contributed by atoms with Gasteiger partial charge in [0.1, 0.15) is 17.2 Å².